The number of halogens is 4. The van der Waals surface area contributed by atoms with Crippen molar-refractivity contribution in [3.63, 3.8) is 0 Å². The van der Waals surface area contributed by atoms with Gasteiger partial charge in [-0.1, -0.05) is 35.9 Å². The number of morpholine rings is 1. The summed E-state index contributed by atoms with van der Waals surface area (Å²) in [5.74, 6) is 0.313. The van der Waals surface area contributed by atoms with Gasteiger partial charge in [0, 0.05) is 41.4 Å². The van der Waals surface area contributed by atoms with Gasteiger partial charge >= 0.3 is 6.18 Å². The molecule has 3 aromatic rings. The predicted octanol–water partition coefficient (Wildman–Crippen LogP) is 6.23. The van der Waals surface area contributed by atoms with Crippen molar-refractivity contribution in [2.75, 3.05) is 39.5 Å². The van der Waals surface area contributed by atoms with E-state index in [2.05, 4.69) is 4.90 Å². The fourth-order valence-corrected chi connectivity index (χ4v) is 4.66. The Morgan fingerprint density at radius 2 is 1.50 bits per heavy atom. The third-order valence-corrected chi connectivity index (χ3v) is 6.65. The van der Waals surface area contributed by atoms with Gasteiger partial charge in [0.05, 0.1) is 18.8 Å². The van der Waals surface area contributed by atoms with Crippen LogP contribution in [0.1, 0.15) is 32.6 Å². The second-order valence-electron chi connectivity index (χ2n) is 8.67. The monoisotopic (exact) mass is 513 g/mol. The topological polar surface area (TPSA) is 38.8 Å². The number of ether oxygens (including phenoxy) is 2. The molecule has 2 aliphatic rings. The first-order valence-corrected chi connectivity index (χ1v) is 12.0. The second-order valence-corrected chi connectivity index (χ2v) is 9.11. The minimum atomic E-state index is -4.46. The number of alkyl halides is 3. The lowest BCUT2D eigenvalue weighted by molar-refractivity contribution is -0.137. The molecular formula is C28H23ClF3NO3. The van der Waals surface area contributed by atoms with Gasteiger partial charge < -0.3 is 9.47 Å². The first-order chi connectivity index (χ1) is 17.3. The predicted molar refractivity (Wildman–Crippen MR) is 132 cm³/mol. The molecule has 36 heavy (non-hydrogen) atoms. The van der Waals surface area contributed by atoms with Crippen LogP contribution in [0.2, 0.25) is 5.02 Å². The number of hydrogen-bond donors (Lipinski definition) is 0. The lowest BCUT2D eigenvalue weighted by Crippen LogP contribution is -2.38. The Hall–Kier alpha value is -3.13. The molecule has 0 atom stereocenters. The average Bonchev–Trinajstić information content (AvgIpc) is 3.16. The number of Topliss-reactive ketones (excluding diaryl/α,β-unsaturated/α-hetero) is 1. The molecule has 3 aromatic carbocycles. The fourth-order valence-electron chi connectivity index (χ4n) is 4.54. The lowest BCUT2D eigenvalue weighted by Gasteiger charge is -2.26. The minimum absolute atomic E-state index is 0.256. The van der Waals surface area contributed by atoms with E-state index in [0.717, 1.165) is 37.3 Å². The highest BCUT2D eigenvalue weighted by atomic mass is 35.5. The van der Waals surface area contributed by atoms with E-state index in [1.54, 1.807) is 30.3 Å². The maximum Gasteiger partial charge on any atom is 0.416 e. The summed E-state index contributed by atoms with van der Waals surface area (Å²) in [7, 11) is 0. The standard InChI is InChI=1S/C28H23ClF3NO3/c29-21-7-3-18(4-8-21)25-23-10-9-22(36-16-13-33-11-14-35-15-12-33)17-24(23)27(34)26(25)19-1-5-20(6-2-19)28(30,31)32/h1-10,17H,11-16H2. The maximum atomic E-state index is 13.6. The van der Waals surface area contributed by atoms with Crippen molar-refractivity contribution in [2.24, 2.45) is 0 Å². The quantitative estimate of drug-likeness (QED) is 0.392. The van der Waals surface area contributed by atoms with Crippen LogP contribution in [-0.2, 0) is 10.9 Å². The van der Waals surface area contributed by atoms with E-state index in [9.17, 15) is 18.0 Å². The van der Waals surface area contributed by atoms with Crippen molar-refractivity contribution in [1.29, 1.82) is 0 Å². The summed E-state index contributed by atoms with van der Waals surface area (Å²) in [5, 5.41) is 0.545. The number of allylic oxidation sites excluding steroid dienone is 1. The number of fused-ring (bicyclic) bond motifs is 1. The van der Waals surface area contributed by atoms with Gasteiger partial charge in [-0.05, 0) is 59.2 Å². The van der Waals surface area contributed by atoms with Gasteiger partial charge in [0.2, 0.25) is 0 Å². The van der Waals surface area contributed by atoms with Crippen LogP contribution in [0.3, 0.4) is 0 Å². The molecule has 1 aliphatic carbocycles. The molecular weight excluding hydrogens is 491 g/mol. The molecule has 0 spiro atoms. The average molecular weight is 514 g/mol. The summed E-state index contributed by atoms with van der Waals surface area (Å²) >= 11 is 6.07. The first-order valence-electron chi connectivity index (χ1n) is 11.6. The number of rotatable bonds is 6. The first kappa shape index (κ1) is 24.6. The summed E-state index contributed by atoms with van der Waals surface area (Å²) < 4.78 is 50.7. The molecule has 0 aromatic heterocycles. The fraction of sp³-hybridized carbons (Fsp3) is 0.250. The molecule has 1 heterocycles. The number of ketones is 1. The SMILES string of the molecule is O=C1C(c2ccc(C(F)(F)F)cc2)=C(c2ccc(Cl)cc2)c2ccc(OCCN3CCOCC3)cc21. The van der Waals surface area contributed by atoms with Crippen LogP contribution in [0.4, 0.5) is 13.2 Å². The van der Waals surface area contributed by atoms with Crippen LogP contribution in [-0.4, -0.2) is 50.1 Å². The molecule has 0 amide bonds. The molecule has 0 unspecified atom stereocenters. The summed E-state index contributed by atoms with van der Waals surface area (Å²) in [6.45, 7) is 4.35. The highest BCUT2D eigenvalue weighted by Crippen LogP contribution is 2.44. The third kappa shape index (κ3) is 5.05. The number of nitrogens with zero attached hydrogens (tertiary/aromatic N) is 1. The normalized spacial score (nSPS) is 16.4. The third-order valence-electron chi connectivity index (χ3n) is 6.40. The summed E-state index contributed by atoms with van der Waals surface area (Å²) in [5.41, 5.74) is 2.58. The van der Waals surface area contributed by atoms with E-state index in [1.165, 1.54) is 12.1 Å². The number of carbonyl (C=O) groups is 1. The zero-order valence-corrected chi connectivity index (χ0v) is 20.0. The molecule has 1 fully saturated rings. The van der Waals surface area contributed by atoms with Crippen LogP contribution < -0.4 is 4.74 Å². The largest absolute Gasteiger partial charge is 0.492 e. The van der Waals surface area contributed by atoms with Gasteiger partial charge in [0.1, 0.15) is 12.4 Å². The molecule has 8 heteroatoms. The van der Waals surface area contributed by atoms with Crippen molar-refractivity contribution in [3.05, 3.63) is 99.6 Å². The highest BCUT2D eigenvalue weighted by Gasteiger charge is 2.34. The van der Waals surface area contributed by atoms with E-state index in [0.29, 0.717) is 58.4 Å². The Labute approximate surface area is 211 Å². The summed E-state index contributed by atoms with van der Waals surface area (Å²) in [4.78, 5) is 15.9. The Kier molecular flexibility index (Phi) is 6.88. The van der Waals surface area contributed by atoms with Gasteiger partial charge in [-0.15, -0.1) is 0 Å². The Morgan fingerprint density at radius 3 is 2.17 bits per heavy atom. The second kappa shape index (κ2) is 10.1. The van der Waals surface area contributed by atoms with Crippen LogP contribution in [0, 0.1) is 0 Å². The molecule has 1 aliphatic heterocycles. The van der Waals surface area contributed by atoms with Gasteiger partial charge in [-0.25, -0.2) is 0 Å². The van der Waals surface area contributed by atoms with Gasteiger partial charge in [-0.3, -0.25) is 9.69 Å². The molecule has 1 saturated heterocycles. The van der Waals surface area contributed by atoms with E-state index in [1.807, 2.05) is 12.1 Å². The van der Waals surface area contributed by atoms with Crippen LogP contribution in [0.15, 0.2) is 66.7 Å². The van der Waals surface area contributed by atoms with Crippen molar-refractivity contribution in [2.45, 2.75) is 6.18 Å². The summed E-state index contributed by atoms with van der Waals surface area (Å²) in [6, 6.07) is 17.1. The zero-order valence-electron chi connectivity index (χ0n) is 19.3. The van der Waals surface area contributed by atoms with Crippen LogP contribution in [0.25, 0.3) is 11.1 Å². The maximum absolute atomic E-state index is 13.6. The minimum Gasteiger partial charge on any atom is -0.492 e. The smallest absolute Gasteiger partial charge is 0.416 e. The Morgan fingerprint density at radius 1 is 0.861 bits per heavy atom. The number of carbonyl (C=O) groups excluding carboxylic acids is 1. The van der Waals surface area contributed by atoms with Crippen molar-refractivity contribution in [1.82, 2.24) is 4.90 Å². The molecule has 0 N–H and O–H groups in total. The van der Waals surface area contributed by atoms with E-state index >= 15 is 0 Å². The molecule has 5 rings (SSSR count). The Balaban J connectivity index is 1.47. The number of benzene rings is 3. The Bertz CT molecular complexity index is 1300. The summed E-state index contributed by atoms with van der Waals surface area (Å²) in [6.07, 6.45) is -4.46. The van der Waals surface area contributed by atoms with Crippen molar-refractivity contribution >= 4 is 28.5 Å². The van der Waals surface area contributed by atoms with Crippen LogP contribution in [0.5, 0.6) is 5.75 Å². The van der Waals surface area contributed by atoms with Gasteiger partial charge in [0.15, 0.2) is 5.78 Å². The van der Waals surface area contributed by atoms with Crippen LogP contribution >= 0.6 is 11.6 Å². The van der Waals surface area contributed by atoms with E-state index in [4.69, 9.17) is 21.1 Å². The number of hydrogen-bond acceptors (Lipinski definition) is 4. The molecule has 186 valence electrons. The molecule has 0 radical (unpaired) electrons. The van der Waals surface area contributed by atoms with E-state index < -0.39 is 11.7 Å². The van der Waals surface area contributed by atoms with Crippen molar-refractivity contribution in [3.8, 4) is 5.75 Å². The van der Waals surface area contributed by atoms with Crippen molar-refractivity contribution < 1.29 is 27.4 Å². The zero-order chi connectivity index (χ0) is 25.3. The highest BCUT2D eigenvalue weighted by molar-refractivity contribution is 6.41. The molecule has 4 nitrogen and oxygen atoms in total. The molecule has 0 saturated carbocycles. The lowest BCUT2D eigenvalue weighted by atomic mass is 9.94. The van der Waals surface area contributed by atoms with Gasteiger partial charge in [-0.2, -0.15) is 13.2 Å². The van der Waals surface area contributed by atoms with Gasteiger partial charge in [0.25, 0.3) is 0 Å². The molecule has 0 bridgehead atoms. The van der Waals surface area contributed by atoms with E-state index in [-0.39, 0.29) is 5.78 Å².